The lowest BCUT2D eigenvalue weighted by atomic mass is 10.2. The van der Waals surface area contributed by atoms with E-state index in [0.717, 1.165) is 20.9 Å². The summed E-state index contributed by atoms with van der Waals surface area (Å²) < 4.78 is 10.4. The summed E-state index contributed by atoms with van der Waals surface area (Å²) in [4.78, 5) is 22.3. The first kappa shape index (κ1) is 18.7. The SMILES string of the molecule is COc1cc(NC(=O)Nc2cccc(-c3nc4cccnc4s3)c2)cc(OC)c1. The number of aromatic nitrogens is 2. The van der Waals surface area contributed by atoms with Gasteiger partial charge < -0.3 is 20.1 Å². The first-order valence-electron chi connectivity index (χ1n) is 8.77. The lowest BCUT2D eigenvalue weighted by Gasteiger charge is -2.11. The molecular formula is C21H18N4O3S. The Balaban J connectivity index is 1.51. The Kier molecular flexibility index (Phi) is 5.26. The number of methoxy groups -OCH3 is 2. The second kappa shape index (κ2) is 8.15. The molecule has 2 aromatic carbocycles. The predicted octanol–water partition coefficient (Wildman–Crippen LogP) is 5.02. The van der Waals surface area contributed by atoms with Crippen LogP contribution in [0.3, 0.4) is 0 Å². The summed E-state index contributed by atoms with van der Waals surface area (Å²) in [6.07, 6.45) is 1.75. The van der Waals surface area contributed by atoms with Crippen molar-refractivity contribution in [1.82, 2.24) is 9.97 Å². The van der Waals surface area contributed by atoms with Gasteiger partial charge in [0.1, 0.15) is 26.9 Å². The summed E-state index contributed by atoms with van der Waals surface area (Å²) in [6, 6.07) is 16.1. The minimum absolute atomic E-state index is 0.372. The third-order valence-corrected chi connectivity index (χ3v) is 5.17. The van der Waals surface area contributed by atoms with E-state index >= 15 is 0 Å². The molecule has 0 saturated carbocycles. The highest BCUT2D eigenvalue weighted by Crippen LogP contribution is 2.30. The lowest BCUT2D eigenvalue weighted by molar-refractivity contribution is 0.262. The monoisotopic (exact) mass is 406 g/mol. The molecule has 146 valence electrons. The van der Waals surface area contributed by atoms with Crippen LogP contribution in [-0.2, 0) is 0 Å². The molecule has 0 fully saturated rings. The van der Waals surface area contributed by atoms with Gasteiger partial charge in [0.15, 0.2) is 0 Å². The maximum absolute atomic E-state index is 12.4. The molecule has 4 rings (SSSR count). The molecule has 0 aliphatic rings. The fourth-order valence-electron chi connectivity index (χ4n) is 2.80. The van der Waals surface area contributed by atoms with Crippen LogP contribution < -0.4 is 20.1 Å². The van der Waals surface area contributed by atoms with Gasteiger partial charge in [-0.3, -0.25) is 0 Å². The van der Waals surface area contributed by atoms with Crippen molar-refractivity contribution in [1.29, 1.82) is 0 Å². The first-order valence-corrected chi connectivity index (χ1v) is 9.59. The third-order valence-electron chi connectivity index (χ3n) is 4.14. The summed E-state index contributed by atoms with van der Waals surface area (Å²) in [6.45, 7) is 0. The van der Waals surface area contributed by atoms with E-state index in [2.05, 4.69) is 20.6 Å². The number of nitrogens with one attached hydrogen (secondary N) is 2. The molecule has 2 amide bonds. The minimum Gasteiger partial charge on any atom is -0.497 e. The molecule has 2 heterocycles. The standard InChI is InChI=1S/C21H18N4O3S/c1-27-16-10-15(11-17(12-16)28-2)24-21(26)23-14-6-3-5-13(9-14)19-25-18-7-4-8-22-20(18)29-19/h3-12H,1-2H3,(H2,23,24,26). The second-order valence-corrected chi connectivity index (χ2v) is 7.09. The van der Waals surface area contributed by atoms with Crippen molar-refractivity contribution in [2.24, 2.45) is 0 Å². The zero-order valence-electron chi connectivity index (χ0n) is 15.8. The third kappa shape index (κ3) is 4.27. The number of carbonyl (C=O) groups is 1. The number of ether oxygens (including phenoxy) is 2. The summed E-state index contributed by atoms with van der Waals surface area (Å²) in [5.74, 6) is 1.18. The molecule has 0 spiro atoms. The predicted molar refractivity (Wildman–Crippen MR) is 115 cm³/mol. The van der Waals surface area contributed by atoms with Crippen LogP contribution in [0.1, 0.15) is 0 Å². The Labute approximate surface area is 171 Å². The van der Waals surface area contributed by atoms with E-state index in [4.69, 9.17) is 9.47 Å². The van der Waals surface area contributed by atoms with Crippen LogP contribution in [0.5, 0.6) is 11.5 Å². The van der Waals surface area contributed by atoms with Crippen LogP contribution >= 0.6 is 11.3 Å². The topological polar surface area (TPSA) is 85.4 Å². The summed E-state index contributed by atoms with van der Waals surface area (Å²) in [5.41, 5.74) is 2.98. The van der Waals surface area contributed by atoms with Crippen molar-refractivity contribution in [2.45, 2.75) is 0 Å². The van der Waals surface area contributed by atoms with E-state index in [1.165, 1.54) is 11.3 Å². The highest BCUT2D eigenvalue weighted by Gasteiger charge is 2.10. The molecular weight excluding hydrogens is 388 g/mol. The molecule has 4 aromatic rings. The van der Waals surface area contributed by atoms with E-state index in [1.54, 1.807) is 38.6 Å². The number of amides is 2. The van der Waals surface area contributed by atoms with Crippen molar-refractivity contribution < 1.29 is 14.3 Å². The lowest BCUT2D eigenvalue weighted by Crippen LogP contribution is -2.19. The highest BCUT2D eigenvalue weighted by molar-refractivity contribution is 7.21. The molecule has 29 heavy (non-hydrogen) atoms. The zero-order chi connectivity index (χ0) is 20.2. The van der Waals surface area contributed by atoms with Crippen LogP contribution in [0.15, 0.2) is 60.8 Å². The van der Waals surface area contributed by atoms with Gasteiger partial charge in [0, 0.05) is 41.3 Å². The average molecular weight is 406 g/mol. The number of anilines is 2. The molecule has 0 saturated heterocycles. The summed E-state index contributed by atoms with van der Waals surface area (Å²) in [7, 11) is 3.11. The number of hydrogen-bond acceptors (Lipinski definition) is 6. The Bertz CT molecular complexity index is 1120. The fraction of sp³-hybridized carbons (Fsp3) is 0.0952. The molecule has 2 aromatic heterocycles. The van der Waals surface area contributed by atoms with Gasteiger partial charge >= 0.3 is 6.03 Å². The molecule has 0 unspecified atom stereocenters. The maximum Gasteiger partial charge on any atom is 0.323 e. The fourth-order valence-corrected chi connectivity index (χ4v) is 3.70. The summed E-state index contributed by atoms with van der Waals surface area (Å²) in [5, 5.41) is 6.47. The maximum atomic E-state index is 12.4. The highest BCUT2D eigenvalue weighted by atomic mass is 32.1. The van der Waals surface area contributed by atoms with Gasteiger partial charge in [-0.05, 0) is 24.3 Å². The van der Waals surface area contributed by atoms with E-state index in [0.29, 0.717) is 22.9 Å². The number of rotatable bonds is 5. The number of thiazole rings is 1. The molecule has 8 heteroatoms. The number of hydrogen-bond donors (Lipinski definition) is 2. The summed E-state index contributed by atoms with van der Waals surface area (Å²) >= 11 is 1.51. The van der Waals surface area contributed by atoms with Crippen LogP contribution in [0.4, 0.5) is 16.2 Å². The van der Waals surface area contributed by atoms with E-state index < -0.39 is 0 Å². The van der Waals surface area contributed by atoms with E-state index in [1.807, 2.05) is 36.4 Å². The minimum atomic E-state index is -0.372. The molecule has 0 bridgehead atoms. The van der Waals surface area contributed by atoms with Crippen molar-refractivity contribution >= 4 is 39.1 Å². The smallest absolute Gasteiger partial charge is 0.323 e. The largest absolute Gasteiger partial charge is 0.497 e. The van der Waals surface area contributed by atoms with Crippen molar-refractivity contribution in [2.75, 3.05) is 24.9 Å². The number of benzene rings is 2. The molecule has 0 aliphatic carbocycles. The van der Waals surface area contributed by atoms with Crippen LogP contribution in [-0.4, -0.2) is 30.2 Å². The number of urea groups is 1. The molecule has 0 radical (unpaired) electrons. The average Bonchev–Trinajstić information content (AvgIpc) is 3.18. The van der Waals surface area contributed by atoms with E-state index in [9.17, 15) is 4.79 Å². The van der Waals surface area contributed by atoms with Crippen LogP contribution in [0.25, 0.3) is 20.9 Å². The quantitative estimate of drug-likeness (QED) is 0.486. The van der Waals surface area contributed by atoms with Crippen molar-refractivity contribution in [3.8, 4) is 22.1 Å². The molecule has 0 aliphatic heterocycles. The molecule has 7 nitrogen and oxygen atoms in total. The molecule has 2 N–H and O–H groups in total. The van der Waals surface area contributed by atoms with Crippen molar-refractivity contribution in [3.63, 3.8) is 0 Å². The van der Waals surface area contributed by atoms with E-state index in [-0.39, 0.29) is 6.03 Å². The number of carbonyl (C=O) groups excluding carboxylic acids is 1. The van der Waals surface area contributed by atoms with Gasteiger partial charge in [-0.25, -0.2) is 14.8 Å². The van der Waals surface area contributed by atoms with Gasteiger partial charge in [-0.15, -0.1) is 0 Å². The Morgan fingerprint density at radius 3 is 2.41 bits per heavy atom. The zero-order valence-corrected chi connectivity index (χ0v) is 16.6. The van der Waals surface area contributed by atoms with Gasteiger partial charge in [0.05, 0.1) is 14.2 Å². The van der Waals surface area contributed by atoms with Crippen LogP contribution in [0, 0.1) is 0 Å². The van der Waals surface area contributed by atoms with Gasteiger partial charge in [-0.1, -0.05) is 23.5 Å². The van der Waals surface area contributed by atoms with Gasteiger partial charge in [0.25, 0.3) is 0 Å². The van der Waals surface area contributed by atoms with Crippen LogP contribution in [0.2, 0.25) is 0 Å². The number of pyridine rings is 1. The molecule has 0 atom stereocenters. The Morgan fingerprint density at radius 2 is 1.69 bits per heavy atom. The van der Waals surface area contributed by atoms with Gasteiger partial charge in [0.2, 0.25) is 0 Å². The normalized spacial score (nSPS) is 10.6. The number of nitrogens with zero attached hydrogens (tertiary/aromatic N) is 2. The first-order chi connectivity index (χ1) is 14.1. The van der Waals surface area contributed by atoms with Gasteiger partial charge in [-0.2, -0.15) is 0 Å². The Morgan fingerprint density at radius 1 is 0.931 bits per heavy atom. The number of fused-ring (bicyclic) bond motifs is 1. The Hall–Kier alpha value is -3.65. The van der Waals surface area contributed by atoms with Crippen molar-refractivity contribution in [3.05, 3.63) is 60.8 Å². The second-order valence-electron chi connectivity index (χ2n) is 6.11.